The van der Waals surface area contributed by atoms with Gasteiger partial charge in [0.05, 0.1) is 5.69 Å². The van der Waals surface area contributed by atoms with Gasteiger partial charge in [0, 0.05) is 19.3 Å². The molecule has 0 aliphatic rings. The van der Waals surface area contributed by atoms with Gasteiger partial charge < -0.3 is 19.9 Å². The Morgan fingerprint density at radius 2 is 1.81 bits per heavy atom. The van der Waals surface area contributed by atoms with Crippen LogP contribution in [0.2, 0.25) is 0 Å². The van der Waals surface area contributed by atoms with Crippen molar-refractivity contribution >= 4 is 0 Å². The summed E-state index contributed by atoms with van der Waals surface area (Å²) in [6.07, 6.45) is -4.70. The lowest BCUT2D eigenvalue weighted by Gasteiger charge is -2.26. The predicted octanol–water partition coefficient (Wildman–Crippen LogP) is -0.209. The zero-order valence-electron chi connectivity index (χ0n) is 7.99. The number of pyridine rings is 1. The van der Waals surface area contributed by atoms with E-state index in [0.29, 0.717) is 16.8 Å². The Morgan fingerprint density at radius 1 is 1.31 bits per heavy atom. The molecule has 1 heterocycles. The van der Waals surface area contributed by atoms with Gasteiger partial charge in [0.1, 0.15) is 0 Å². The Labute approximate surface area is 87.0 Å². The summed E-state index contributed by atoms with van der Waals surface area (Å²) in [6, 6.07) is 0.308. The van der Waals surface area contributed by atoms with Crippen LogP contribution in [0.3, 0.4) is 0 Å². The molecule has 16 heavy (non-hydrogen) atoms. The van der Waals surface area contributed by atoms with Gasteiger partial charge in [-0.1, -0.05) is 0 Å². The molecule has 0 bridgehead atoms. The molecule has 8 heteroatoms. The lowest BCUT2D eigenvalue weighted by Crippen LogP contribution is -2.44. The third kappa shape index (κ3) is 1.89. The summed E-state index contributed by atoms with van der Waals surface area (Å²) >= 11 is 0. The fourth-order valence-corrected chi connectivity index (χ4v) is 1.11. The van der Waals surface area contributed by atoms with Gasteiger partial charge in [-0.3, -0.25) is 4.79 Å². The molecule has 0 saturated heterocycles. The van der Waals surface area contributed by atoms with Crippen molar-refractivity contribution in [3.63, 3.8) is 0 Å². The number of aliphatic hydroxyl groups is 2. The van der Waals surface area contributed by atoms with Crippen molar-refractivity contribution < 1.29 is 28.5 Å². The molecule has 0 fully saturated rings. The lowest BCUT2D eigenvalue weighted by molar-refractivity contribution is -0.360. The first-order chi connectivity index (χ1) is 7.07. The first-order valence-electron chi connectivity index (χ1n) is 3.99. The number of aromatic hydroxyl groups is 1. The molecule has 0 amide bonds. The highest BCUT2D eigenvalue weighted by atomic mass is 19.4. The summed E-state index contributed by atoms with van der Waals surface area (Å²) < 4.78 is 37.4. The van der Waals surface area contributed by atoms with E-state index in [1.165, 1.54) is 0 Å². The number of halogens is 3. The van der Waals surface area contributed by atoms with Gasteiger partial charge >= 0.3 is 12.0 Å². The molecular weight excluding hydrogens is 231 g/mol. The second-order valence-electron chi connectivity index (χ2n) is 3.19. The number of hydrogen-bond donors (Lipinski definition) is 3. The van der Waals surface area contributed by atoms with Crippen LogP contribution in [0.25, 0.3) is 0 Å². The fraction of sp³-hybridized carbons (Fsp3) is 0.375. The molecule has 3 N–H and O–H groups in total. The second-order valence-corrected chi connectivity index (χ2v) is 3.19. The lowest BCUT2D eigenvalue weighted by atomic mass is 10.1. The van der Waals surface area contributed by atoms with Gasteiger partial charge in [0.2, 0.25) is 5.43 Å². The molecule has 0 atom stereocenters. The quantitative estimate of drug-likeness (QED) is 0.592. The maximum Gasteiger partial charge on any atom is 0.449 e. The highest BCUT2D eigenvalue weighted by Gasteiger charge is 2.55. The molecule has 1 rings (SSSR count). The highest BCUT2D eigenvalue weighted by Crippen LogP contribution is 2.35. The van der Waals surface area contributed by atoms with Gasteiger partial charge in [-0.05, 0) is 0 Å². The maximum absolute atomic E-state index is 12.3. The molecule has 5 nitrogen and oxygen atoms in total. The fourth-order valence-electron chi connectivity index (χ4n) is 1.11. The van der Waals surface area contributed by atoms with Crippen LogP contribution in [-0.2, 0) is 12.8 Å². The van der Waals surface area contributed by atoms with Crippen molar-refractivity contribution in [3.8, 4) is 5.75 Å². The minimum Gasteiger partial charge on any atom is -0.503 e. The zero-order chi connectivity index (χ0) is 12.7. The standard InChI is InChI=1S/C8H8F3NO4/c1-12-3-5(14)4(13)2-6(12)7(15,16)8(9,10)11/h2-3,14-16H,1H3. The average Bonchev–Trinajstić information content (AvgIpc) is 2.09. The molecule has 0 radical (unpaired) electrons. The van der Waals surface area contributed by atoms with Crippen molar-refractivity contribution in [1.82, 2.24) is 4.57 Å². The van der Waals surface area contributed by atoms with E-state index in [2.05, 4.69) is 0 Å². The van der Waals surface area contributed by atoms with Gasteiger partial charge in [-0.2, -0.15) is 13.2 Å². The Bertz CT molecular complexity index is 463. The molecule has 90 valence electrons. The van der Waals surface area contributed by atoms with Crippen LogP contribution in [0.5, 0.6) is 5.75 Å². The Balaban J connectivity index is 3.46. The molecule has 1 aromatic rings. The van der Waals surface area contributed by atoms with Crippen molar-refractivity contribution in [2.45, 2.75) is 12.0 Å². The summed E-state index contributed by atoms with van der Waals surface area (Å²) in [5, 5.41) is 26.7. The van der Waals surface area contributed by atoms with Crippen LogP contribution in [0, 0.1) is 0 Å². The molecule has 1 aromatic heterocycles. The van der Waals surface area contributed by atoms with Gasteiger partial charge in [-0.25, -0.2) is 0 Å². The number of hydrogen-bond acceptors (Lipinski definition) is 4. The van der Waals surface area contributed by atoms with Crippen LogP contribution >= 0.6 is 0 Å². The minimum absolute atomic E-state index is 0.308. The monoisotopic (exact) mass is 239 g/mol. The molecule has 0 aromatic carbocycles. The van der Waals surface area contributed by atoms with Gasteiger partial charge in [-0.15, -0.1) is 0 Å². The number of nitrogens with zero attached hydrogens (tertiary/aromatic N) is 1. The summed E-state index contributed by atoms with van der Waals surface area (Å²) in [4.78, 5) is 10.9. The summed E-state index contributed by atoms with van der Waals surface area (Å²) in [6.45, 7) is 0. The highest BCUT2D eigenvalue weighted by molar-refractivity contribution is 5.23. The number of aryl methyl sites for hydroxylation is 1. The smallest absolute Gasteiger partial charge is 0.449 e. The number of alkyl halides is 3. The molecule has 0 aliphatic carbocycles. The van der Waals surface area contributed by atoms with Crippen LogP contribution in [-0.4, -0.2) is 26.1 Å². The Kier molecular flexibility index (Phi) is 2.74. The largest absolute Gasteiger partial charge is 0.503 e. The van der Waals surface area contributed by atoms with E-state index in [0.717, 1.165) is 7.05 Å². The second kappa shape index (κ2) is 3.49. The van der Waals surface area contributed by atoms with Crippen molar-refractivity contribution in [3.05, 3.63) is 28.2 Å². The minimum atomic E-state index is -5.35. The summed E-state index contributed by atoms with van der Waals surface area (Å²) in [5.41, 5.74) is -2.22. The van der Waals surface area contributed by atoms with E-state index in [1.54, 1.807) is 0 Å². The van der Waals surface area contributed by atoms with E-state index in [1.807, 2.05) is 0 Å². The van der Waals surface area contributed by atoms with Crippen molar-refractivity contribution in [2.75, 3.05) is 0 Å². The van der Waals surface area contributed by atoms with Crippen molar-refractivity contribution in [1.29, 1.82) is 0 Å². The molecule has 0 spiro atoms. The third-order valence-electron chi connectivity index (χ3n) is 1.97. The van der Waals surface area contributed by atoms with E-state index in [9.17, 15) is 18.0 Å². The topological polar surface area (TPSA) is 82.7 Å². The van der Waals surface area contributed by atoms with Crippen LogP contribution in [0.1, 0.15) is 5.69 Å². The van der Waals surface area contributed by atoms with Crippen molar-refractivity contribution in [2.24, 2.45) is 7.05 Å². The van der Waals surface area contributed by atoms with Gasteiger partial charge in [0.25, 0.3) is 0 Å². The van der Waals surface area contributed by atoms with E-state index < -0.39 is 28.8 Å². The normalized spacial score (nSPS) is 12.9. The average molecular weight is 239 g/mol. The predicted molar refractivity (Wildman–Crippen MR) is 45.5 cm³/mol. The number of aromatic nitrogens is 1. The Hall–Kier alpha value is -1.54. The van der Waals surface area contributed by atoms with Gasteiger partial charge in [0.15, 0.2) is 5.75 Å². The molecule has 0 saturated carbocycles. The first kappa shape index (κ1) is 12.5. The van der Waals surface area contributed by atoms with E-state index in [4.69, 9.17) is 15.3 Å². The maximum atomic E-state index is 12.3. The molecule has 0 unspecified atom stereocenters. The SMILES string of the molecule is Cn1cc(O)c(=O)cc1C(O)(O)C(F)(F)F. The summed E-state index contributed by atoms with van der Waals surface area (Å²) in [5.74, 6) is -4.93. The van der Waals surface area contributed by atoms with E-state index >= 15 is 0 Å². The first-order valence-corrected chi connectivity index (χ1v) is 3.99. The van der Waals surface area contributed by atoms with E-state index in [-0.39, 0.29) is 0 Å². The molecular formula is C8H8F3NO4. The van der Waals surface area contributed by atoms with Crippen LogP contribution < -0.4 is 5.43 Å². The zero-order valence-corrected chi connectivity index (χ0v) is 7.99. The third-order valence-corrected chi connectivity index (χ3v) is 1.97. The van der Waals surface area contributed by atoms with Crippen LogP contribution in [0.4, 0.5) is 13.2 Å². The number of rotatable bonds is 1. The van der Waals surface area contributed by atoms with Crippen LogP contribution in [0.15, 0.2) is 17.1 Å². The summed E-state index contributed by atoms with van der Waals surface area (Å²) in [7, 11) is 1.03. The Morgan fingerprint density at radius 3 is 2.25 bits per heavy atom. The molecule has 0 aliphatic heterocycles.